The van der Waals surface area contributed by atoms with Gasteiger partial charge in [0.15, 0.2) is 16.6 Å². The Bertz CT molecular complexity index is 1340. The van der Waals surface area contributed by atoms with Gasteiger partial charge in [-0.05, 0) is 68.8 Å². The molecule has 8 nitrogen and oxygen atoms in total. The fourth-order valence-electron chi connectivity index (χ4n) is 5.44. The molecule has 1 amide bonds. The van der Waals surface area contributed by atoms with E-state index in [0.29, 0.717) is 28.3 Å². The minimum Gasteiger partial charge on any atom is -0.454 e. The number of anilines is 1. The Labute approximate surface area is 243 Å². The molecule has 1 saturated heterocycles. The number of piperidine rings is 1. The molecule has 1 aliphatic carbocycles. The van der Waals surface area contributed by atoms with Crippen LogP contribution in [-0.2, 0) is 14.9 Å². The van der Waals surface area contributed by atoms with Crippen molar-refractivity contribution in [1.29, 1.82) is 0 Å². The molecule has 0 bridgehead atoms. The number of aliphatic hydroxyl groups excluding tert-OH is 1. The topological polar surface area (TPSA) is 93.2 Å². The number of benzene rings is 2. The zero-order valence-electron chi connectivity index (χ0n) is 22.3. The van der Waals surface area contributed by atoms with E-state index < -0.39 is 5.41 Å². The van der Waals surface area contributed by atoms with E-state index in [1.165, 1.54) is 11.3 Å². The van der Waals surface area contributed by atoms with Crippen molar-refractivity contribution in [2.75, 3.05) is 38.4 Å². The molecular formula is C30H34ClN3O5S. The number of aromatic nitrogens is 1. The number of hydrogen-bond donors (Lipinski definition) is 2. The summed E-state index contributed by atoms with van der Waals surface area (Å²) in [4.78, 5) is 21.2. The highest BCUT2D eigenvalue weighted by Crippen LogP contribution is 2.51. The molecule has 3 heterocycles. The molecule has 2 aromatic carbocycles. The number of hydrogen-bond acceptors (Lipinski definition) is 8. The van der Waals surface area contributed by atoms with E-state index in [0.717, 1.165) is 74.2 Å². The fourth-order valence-corrected chi connectivity index (χ4v) is 6.56. The van der Waals surface area contributed by atoms with Crippen LogP contribution in [-0.4, -0.2) is 60.0 Å². The predicted molar refractivity (Wildman–Crippen MR) is 154 cm³/mol. The average molecular weight is 584 g/mol. The van der Waals surface area contributed by atoms with Gasteiger partial charge in [0.2, 0.25) is 12.7 Å². The zero-order valence-corrected chi connectivity index (χ0v) is 23.9. The Morgan fingerprint density at radius 1 is 1.18 bits per heavy atom. The van der Waals surface area contributed by atoms with Gasteiger partial charge in [-0.3, -0.25) is 4.79 Å². The van der Waals surface area contributed by atoms with E-state index in [1.807, 2.05) is 42.5 Å². The van der Waals surface area contributed by atoms with Crippen molar-refractivity contribution in [3.05, 3.63) is 69.7 Å². The van der Waals surface area contributed by atoms with Crippen LogP contribution in [0.5, 0.6) is 11.5 Å². The van der Waals surface area contributed by atoms with E-state index in [4.69, 9.17) is 25.8 Å². The normalized spacial score (nSPS) is 18.9. The highest BCUT2D eigenvalue weighted by Gasteiger charge is 2.52. The van der Waals surface area contributed by atoms with Crippen LogP contribution in [0.25, 0.3) is 0 Å². The van der Waals surface area contributed by atoms with Gasteiger partial charge in [-0.15, -0.1) is 0 Å². The number of unbranched alkanes of at least 4 members (excludes halogenated alkanes) is 1. The molecule has 2 N–H and O–H groups in total. The quantitative estimate of drug-likeness (QED) is 0.286. The Kier molecular flexibility index (Phi) is 8.27. The third-order valence-electron chi connectivity index (χ3n) is 8.01. The number of fused-ring (bicyclic) bond motifs is 1. The maximum atomic E-state index is 13.4. The second kappa shape index (κ2) is 12.0. The molecule has 1 aromatic heterocycles. The first-order valence-corrected chi connectivity index (χ1v) is 15.1. The zero-order chi connectivity index (χ0) is 27.5. The van der Waals surface area contributed by atoms with E-state index in [1.54, 1.807) is 6.20 Å². The Morgan fingerprint density at radius 3 is 2.77 bits per heavy atom. The van der Waals surface area contributed by atoms with Gasteiger partial charge >= 0.3 is 0 Å². The SMILES string of the molecule is O=C(Nc1ncc(C(OCCCCN2CCC(O)CC2)c2ccccc2Cl)s1)C1(c2ccc3c(c2)OCO3)CC1. The van der Waals surface area contributed by atoms with Crippen molar-refractivity contribution in [3.63, 3.8) is 0 Å². The summed E-state index contributed by atoms with van der Waals surface area (Å²) in [5.74, 6) is 1.33. The van der Waals surface area contributed by atoms with Gasteiger partial charge in [-0.25, -0.2) is 4.98 Å². The van der Waals surface area contributed by atoms with Crippen molar-refractivity contribution in [1.82, 2.24) is 9.88 Å². The summed E-state index contributed by atoms with van der Waals surface area (Å²) in [6, 6.07) is 13.4. The van der Waals surface area contributed by atoms with Crippen molar-refractivity contribution in [2.45, 2.75) is 56.1 Å². The van der Waals surface area contributed by atoms with Gasteiger partial charge in [0.25, 0.3) is 0 Å². The summed E-state index contributed by atoms with van der Waals surface area (Å²) < 4.78 is 17.3. The summed E-state index contributed by atoms with van der Waals surface area (Å²) in [7, 11) is 0. The van der Waals surface area contributed by atoms with Crippen molar-refractivity contribution in [3.8, 4) is 11.5 Å². The van der Waals surface area contributed by atoms with Crippen LogP contribution >= 0.6 is 22.9 Å². The smallest absolute Gasteiger partial charge is 0.236 e. The maximum absolute atomic E-state index is 13.4. The number of thiazole rings is 1. The Hall–Kier alpha value is -2.69. The Morgan fingerprint density at radius 2 is 1.98 bits per heavy atom. The van der Waals surface area contributed by atoms with Gasteiger partial charge in [-0.2, -0.15) is 0 Å². The van der Waals surface area contributed by atoms with Crippen LogP contribution in [0, 0.1) is 0 Å². The molecule has 2 fully saturated rings. The number of carbonyl (C=O) groups is 1. The largest absolute Gasteiger partial charge is 0.454 e. The molecular weight excluding hydrogens is 550 g/mol. The Balaban J connectivity index is 1.10. The lowest BCUT2D eigenvalue weighted by molar-refractivity contribution is -0.118. The van der Waals surface area contributed by atoms with Crippen LogP contribution in [0.15, 0.2) is 48.7 Å². The summed E-state index contributed by atoms with van der Waals surface area (Å²) in [5, 5.41) is 13.9. The molecule has 212 valence electrons. The molecule has 6 rings (SSSR count). The predicted octanol–water partition coefficient (Wildman–Crippen LogP) is 5.54. The minimum atomic E-state index is -0.572. The number of ether oxygens (including phenoxy) is 3. The van der Waals surface area contributed by atoms with Gasteiger partial charge in [0, 0.05) is 36.5 Å². The maximum Gasteiger partial charge on any atom is 0.236 e. The van der Waals surface area contributed by atoms with Crippen LogP contribution in [0.4, 0.5) is 5.13 Å². The number of aliphatic hydroxyl groups is 1. The molecule has 0 spiro atoms. The number of nitrogens with zero attached hydrogens (tertiary/aromatic N) is 2. The number of rotatable bonds is 11. The van der Waals surface area contributed by atoms with E-state index in [-0.39, 0.29) is 24.9 Å². The van der Waals surface area contributed by atoms with Crippen LogP contribution in [0.1, 0.15) is 60.6 Å². The molecule has 3 aromatic rings. The summed E-state index contributed by atoms with van der Waals surface area (Å²) >= 11 is 7.99. The highest BCUT2D eigenvalue weighted by atomic mass is 35.5. The van der Waals surface area contributed by atoms with E-state index >= 15 is 0 Å². The van der Waals surface area contributed by atoms with Crippen molar-refractivity contribution >= 4 is 34.0 Å². The van der Waals surface area contributed by atoms with Crippen LogP contribution in [0.2, 0.25) is 5.02 Å². The second-order valence-electron chi connectivity index (χ2n) is 10.7. The summed E-state index contributed by atoms with van der Waals surface area (Å²) in [6.45, 7) is 3.71. The van der Waals surface area contributed by atoms with Crippen LogP contribution in [0.3, 0.4) is 0 Å². The highest BCUT2D eigenvalue weighted by molar-refractivity contribution is 7.15. The van der Waals surface area contributed by atoms with Crippen molar-refractivity contribution in [2.24, 2.45) is 0 Å². The lowest BCUT2D eigenvalue weighted by Crippen LogP contribution is -2.36. The van der Waals surface area contributed by atoms with Gasteiger partial charge in [-0.1, -0.05) is 47.2 Å². The molecule has 3 aliphatic rings. The monoisotopic (exact) mass is 583 g/mol. The summed E-state index contributed by atoms with van der Waals surface area (Å²) in [5.41, 5.74) is 1.25. The molecule has 1 saturated carbocycles. The molecule has 0 radical (unpaired) electrons. The standard InChI is InChI=1S/C30H34ClN3O5S/c31-23-6-2-1-5-22(23)27(37-16-4-3-13-34-14-9-21(35)10-15-34)26-18-32-29(40-26)33-28(36)30(11-12-30)20-7-8-24-25(17-20)39-19-38-24/h1-2,5-8,17-18,21,27,35H,3-4,9-16,19H2,(H,32,33,36). The first-order valence-electron chi connectivity index (χ1n) is 14.0. The van der Waals surface area contributed by atoms with E-state index in [2.05, 4.69) is 15.2 Å². The van der Waals surface area contributed by atoms with Gasteiger partial charge in [0.05, 0.1) is 16.4 Å². The molecule has 1 unspecified atom stereocenters. The second-order valence-corrected chi connectivity index (χ2v) is 12.2. The minimum absolute atomic E-state index is 0.0623. The lowest BCUT2D eigenvalue weighted by atomic mass is 9.94. The third-order valence-corrected chi connectivity index (χ3v) is 9.31. The fraction of sp³-hybridized carbons (Fsp3) is 0.467. The summed E-state index contributed by atoms with van der Waals surface area (Å²) in [6.07, 6.45) is 6.46. The van der Waals surface area contributed by atoms with Crippen molar-refractivity contribution < 1.29 is 24.1 Å². The number of carbonyl (C=O) groups excluding carboxylic acids is 1. The van der Waals surface area contributed by atoms with E-state index in [9.17, 15) is 9.90 Å². The number of amides is 1. The number of likely N-dealkylation sites (tertiary alicyclic amines) is 1. The average Bonchev–Trinajstić information content (AvgIpc) is 3.42. The van der Waals surface area contributed by atoms with Gasteiger partial charge in [0.1, 0.15) is 6.10 Å². The third kappa shape index (κ3) is 5.99. The number of halogens is 1. The first kappa shape index (κ1) is 27.5. The molecule has 10 heteroatoms. The number of nitrogens with one attached hydrogen (secondary N) is 1. The van der Waals surface area contributed by atoms with Crippen LogP contribution < -0.4 is 14.8 Å². The molecule has 1 atom stereocenters. The first-order chi connectivity index (χ1) is 19.5. The molecule has 40 heavy (non-hydrogen) atoms. The molecule has 2 aliphatic heterocycles. The van der Waals surface area contributed by atoms with Gasteiger partial charge < -0.3 is 29.5 Å². The lowest BCUT2D eigenvalue weighted by Gasteiger charge is -2.29.